The Morgan fingerprint density at radius 3 is 1.84 bits per heavy atom. The zero-order valence-corrected chi connectivity index (χ0v) is 34.8. The lowest BCUT2D eigenvalue weighted by Crippen LogP contribution is -2.07. The number of hydrogen-bond acceptors (Lipinski definition) is 6. The van der Waals surface area contributed by atoms with Crippen LogP contribution in [0.1, 0.15) is 0 Å². The standard InChI is InChI=1S/C56H32N6OS/c1-2-15-34(16-3-1)53-58-54(35-28-31-49-43(32-35)39-21-8-11-27-48(39)64-49)60-56(59-53)62-46-25-10-7-20-38(46)41-30-29-40-37-19-6-9-24-45(37)61(50(40)51(41)62)47-26-13-23-44-52(47)63-55(57-44)42-22-12-17-33-14-4-5-18-36(33)42/h1-32H. The zero-order chi connectivity index (χ0) is 41.9. The van der Waals surface area contributed by atoms with Crippen LogP contribution in [0.5, 0.6) is 0 Å². The summed E-state index contributed by atoms with van der Waals surface area (Å²) in [7, 11) is 0. The van der Waals surface area contributed by atoms with E-state index in [2.05, 4.69) is 179 Å². The van der Waals surface area contributed by atoms with Crippen LogP contribution in [0, 0.1) is 0 Å². The van der Waals surface area contributed by atoms with Crippen LogP contribution in [0.3, 0.4) is 0 Å². The average Bonchev–Trinajstić information content (AvgIpc) is 4.13. The summed E-state index contributed by atoms with van der Waals surface area (Å²) in [5.41, 5.74) is 9.21. The Hall–Kier alpha value is -8.46. The molecule has 8 heteroatoms. The molecule has 7 nitrogen and oxygen atoms in total. The maximum atomic E-state index is 6.91. The highest BCUT2D eigenvalue weighted by Crippen LogP contribution is 2.44. The number of oxazole rings is 1. The van der Waals surface area contributed by atoms with Gasteiger partial charge in [-0.3, -0.25) is 4.57 Å². The smallest absolute Gasteiger partial charge is 0.238 e. The molecule has 0 aliphatic heterocycles. The van der Waals surface area contributed by atoms with Crippen molar-refractivity contribution in [2.45, 2.75) is 0 Å². The first-order valence-electron chi connectivity index (χ1n) is 21.3. The van der Waals surface area contributed by atoms with Crippen molar-refractivity contribution in [1.29, 1.82) is 0 Å². The molecule has 0 saturated heterocycles. The van der Waals surface area contributed by atoms with E-state index in [-0.39, 0.29) is 0 Å². The monoisotopic (exact) mass is 836 g/mol. The summed E-state index contributed by atoms with van der Waals surface area (Å²) in [5, 5.41) is 9.06. The zero-order valence-electron chi connectivity index (χ0n) is 34.0. The summed E-state index contributed by atoms with van der Waals surface area (Å²) < 4.78 is 14.0. The molecule has 0 spiro atoms. The maximum Gasteiger partial charge on any atom is 0.238 e. The van der Waals surface area contributed by atoms with Crippen LogP contribution in [0.2, 0.25) is 0 Å². The minimum Gasteiger partial charge on any atom is -0.434 e. The molecule has 0 amide bonds. The molecule has 14 aromatic rings. The van der Waals surface area contributed by atoms with Crippen molar-refractivity contribution in [3.8, 4) is 45.9 Å². The number of nitrogens with zero attached hydrogens (tertiary/aromatic N) is 6. The van der Waals surface area contributed by atoms with Gasteiger partial charge in [-0.1, -0.05) is 140 Å². The summed E-state index contributed by atoms with van der Waals surface area (Å²) in [6.07, 6.45) is 0. The van der Waals surface area contributed by atoms with E-state index in [0.717, 1.165) is 82.3 Å². The molecule has 14 rings (SSSR count). The quantitative estimate of drug-likeness (QED) is 0.173. The normalized spacial score (nSPS) is 12.1. The predicted octanol–water partition coefficient (Wildman–Crippen LogP) is 14.7. The second-order valence-corrected chi connectivity index (χ2v) is 17.3. The van der Waals surface area contributed by atoms with Crippen LogP contribution in [-0.4, -0.2) is 29.1 Å². The lowest BCUT2D eigenvalue weighted by atomic mass is 10.0. The molecule has 0 radical (unpaired) electrons. The van der Waals surface area contributed by atoms with E-state index in [1.807, 2.05) is 24.3 Å². The summed E-state index contributed by atoms with van der Waals surface area (Å²) in [6, 6.07) is 67.9. The van der Waals surface area contributed by atoms with Gasteiger partial charge in [-0.25, -0.2) is 9.97 Å². The Morgan fingerprint density at radius 1 is 0.406 bits per heavy atom. The second kappa shape index (κ2) is 13.5. The maximum absolute atomic E-state index is 6.91. The van der Waals surface area contributed by atoms with Crippen LogP contribution in [-0.2, 0) is 0 Å². The van der Waals surface area contributed by atoms with Gasteiger partial charge in [-0.15, -0.1) is 11.3 Å². The van der Waals surface area contributed by atoms with Gasteiger partial charge < -0.3 is 8.98 Å². The first-order valence-corrected chi connectivity index (χ1v) is 22.1. The van der Waals surface area contributed by atoms with Gasteiger partial charge >= 0.3 is 0 Å². The van der Waals surface area contributed by atoms with Gasteiger partial charge in [0.25, 0.3) is 0 Å². The Labute approximate surface area is 368 Å². The van der Waals surface area contributed by atoms with Crippen LogP contribution in [0.15, 0.2) is 199 Å². The number of fused-ring (bicyclic) bond motifs is 12. The summed E-state index contributed by atoms with van der Waals surface area (Å²) in [6.45, 7) is 0. The van der Waals surface area contributed by atoms with E-state index in [1.165, 1.54) is 20.2 Å². The lowest BCUT2D eigenvalue weighted by molar-refractivity contribution is 0.619. The molecule has 0 aliphatic rings. The van der Waals surface area contributed by atoms with Gasteiger partial charge in [0.2, 0.25) is 11.8 Å². The molecule has 0 bridgehead atoms. The molecule has 0 aliphatic carbocycles. The number of para-hydroxylation sites is 3. The molecule has 0 fully saturated rings. The van der Waals surface area contributed by atoms with E-state index in [0.29, 0.717) is 29.1 Å². The molecule has 0 N–H and O–H groups in total. The van der Waals surface area contributed by atoms with Crippen molar-refractivity contribution >= 4 is 97.0 Å². The SMILES string of the molecule is c1ccc(-c2nc(-c3ccc4sc5ccccc5c4c3)nc(-n3c4ccccc4c4ccc5c6ccccc6n(-c6cccc7nc(-c8cccc9ccccc89)oc67)c5c43)n2)cc1. The highest BCUT2D eigenvalue weighted by Gasteiger charge is 2.25. The molecule has 5 heterocycles. The van der Waals surface area contributed by atoms with Crippen LogP contribution < -0.4 is 0 Å². The summed E-state index contributed by atoms with van der Waals surface area (Å²) in [4.78, 5) is 21.1. The molecular weight excluding hydrogens is 805 g/mol. The average molecular weight is 837 g/mol. The van der Waals surface area contributed by atoms with Crippen molar-refractivity contribution in [1.82, 2.24) is 29.1 Å². The number of aromatic nitrogens is 6. The molecule has 298 valence electrons. The fraction of sp³-hybridized carbons (Fsp3) is 0. The number of rotatable bonds is 5. The van der Waals surface area contributed by atoms with Crippen molar-refractivity contribution in [2.24, 2.45) is 0 Å². The Kier molecular flexibility index (Phi) is 7.43. The highest BCUT2D eigenvalue weighted by atomic mass is 32.1. The highest BCUT2D eigenvalue weighted by molar-refractivity contribution is 7.25. The third kappa shape index (κ3) is 5.14. The minimum absolute atomic E-state index is 0.533. The van der Waals surface area contributed by atoms with Crippen LogP contribution >= 0.6 is 11.3 Å². The lowest BCUT2D eigenvalue weighted by Gasteiger charge is -2.13. The van der Waals surface area contributed by atoms with E-state index < -0.39 is 0 Å². The van der Waals surface area contributed by atoms with Crippen molar-refractivity contribution in [2.75, 3.05) is 0 Å². The Balaban J connectivity index is 1.08. The van der Waals surface area contributed by atoms with E-state index >= 15 is 0 Å². The molecule has 64 heavy (non-hydrogen) atoms. The van der Waals surface area contributed by atoms with Gasteiger partial charge in [0.1, 0.15) is 5.52 Å². The first kappa shape index (κ1) is 35.2. The molecule has 0 saturated carbocycles. The van der Waals surface area contributed by atoms with Gasteiger partial charge in [0, 0.05) is 58.4 Å². The molecule has 0 atom stereocenters. The summed E-state index contributed by atoms with van der Waals surface area (Å²) >= 11 is 1.80. The fourth-order valence-electron chi connectivity index (χ4n) is 9.77. The molecule has 0 unspecified atom stereocenters. The van der Waals surface area contributed by atoms with Crippen molar-refractivity contribution in [3.63, 3.8) is 0 Å². The Bertz CT molecular complexity index is 4210. The molecule has 5 aromatic heterocycles. The predicted molar refractivity (Wildman–Crippen MR) is 263 cm³/mol. The largest absolute Gasteiger partial charge is 0.434 e. The number of benzene rings is 9. The number of thiophene rings is 1. The van der Waals surface area contributed by atoms with Crippen LogP contribution in [0.4, 0.5) is 0 Å². The second-order valence-electron chi connectivity index (χ2n) is 16.2. The molecular formula is C56H32N6OS. The third-order valence-electron chi connectivity index (χ3n) is 12.6. The first-order chi connectivity index (χ1) is 31.7. The topological polar surface area (TPSA) is 74.6 Å². The van der Waals surface area contributed by atoms with Crippen LogP contribution in [0.25, 0.3) is 132 Å². The number of hydrogen-bond donors (Lipinski definition) is 0. The van der Waals surface area contributed by atoms with Gasteiger partial charge in [-0.2, -0.15) is 9.97 Å². The van der Waals surface area contributed by atoms with Gasteiger partial charge in [0.05, 0.1) is 27.8 Å². The summed E-state index contributed by atoms with van der Waals surface area (Å²) in [5.74, 6) is 2.32. The van der Waals surface area contributed by atoms with Gasteiger partial charge in [-0.05, 0) is 65.4 Å². The van der Waals surface area contributed by atoms with E-state index in [9.17, 15) is 0 Å². The van der Waals surface area contributed by atoms with Crippen molar-refractivity contribution < 1.29 is 4.42 Å². The van der Waals surface area contributed by atoms with E-state index in [4.69, 9.17) is 24.4 Å². The van der Waals surface area contributed by atoms with Gasteiger partial charge in [0.15, 0.2) is 17.2 Å². The van der Waals surface area contributed by atoms with Crippen molar-refractivity contribution in [3.05, 3.63) is 194 Å². The van der Waals surface area contributed by atoms with E-state index in [1.54, 1.807) is 11.3 Å². The Morgan fingerprint density at radius 2 is 1.03 bits per heavy atom. The fourth-order valence-corrected chi connectivity index (χ4v) is 10.9. The third-order valence-corrected chi connectivity index (χ3v) is 13.8. The minimum atomic E-state index is 0.533. The molecule has 9 aromatic carbocycles.